The maximum Gasteiger partial charge on any atom is 0.258 e. The number of thiazole rings is 1. The molecule has 0 bridgehead atoms. The second kappa shape index (κ2) is 7.25. The summed E-state index contributed by atoms with van der Waals surface area (Å²) >= 11 is 7.43. The van der Waals surface area contributed by atoms with E-state index in [9.17, 15) is 9.59 Å². The third-order valence-electron chi connectivity index (χ3n) is 3.45. The average Bonchev–Trinajstić information content (AvgIpc) is 2.95. The zero-order chi connectivity index (χ0) is 18.0. The molecule has 1 N–H and O–H groups in total. The number of amides is 1. The first kappa shape index (κ1) is 17.4. The standard InChI is InChI=1S/C17H16ClN3O3S/c1-3-15(22)20-13-6-11(18)4-5-14(13)24-9-12-7-16(23)21-8-10(2)25-17(21)19-12/h4-8H,3,9H2,1-2H3,(H,20,22). The van der Waals surface area contributed by atoms with Crippen LogP contribution in [0.4, 0.5) is 5.69 Å². The number of carbonyl (C=O) groups is 1. The number of aromatic nitrogens is 2. The van der Waals surface area contributed by atoms with Gasteiger partial charge < -0.3 is 10.1 Å². The maximum absolute atomic E-state index is 12.1. The Bertz CT molecular complexity index is 996. The van der Waals surface area contributed by atoms with Gasteiger partial charge in [-0.2, -0.15) is 0 Å². The molecule has 0 saturated heterocycles. The van der Waals surface area contributed by atoms with Crippen molar-refractivity contribution in [3.05, 3.63) is 56.4 Å². The van der Waals surface area contributed by atoms with E-state index in [0.717, 1.165) is 4.88 Å². The number of anilines is 1. The lowest BCUT2D eigenvalue weighted by atomic mass is 10.2. The highest BCUT2D eigenvalue weighted by molar-refractivity contribution is 7.16. The average molecular weight is 378 g/mol. The van der Waals surface area contributed by atoms with Gasteiger partial charge in [-0.05, 0) is 25.1 Å². The SMILES string of the molecule is CCC(=O)Nc1cc(Cl)ccc1OCc1cc(=O)n2cc(C)sc2n1. The molecule has 1 amide bonds. The summed E-state index contributed by atoms with van der Waals surface area (Å²) in [6, 6.07) is 6.42. The van der Waals surface area contributed by atoms with Gasteiger partial charge in [-0.25, -0.2) is 4.98 Å². The van der Waals surface area contributed by atoms with E-state index in [4.69, 9.17) is 16.3 Å². The van der Waals surface area contributed by atoms with Crippen molar-refractivity contribution in [2.45, 2.75) is 26.9 Å². The summed E-state index contributed by atoms with van der Waals surface area (Å²) in [5.41, 5.74) is 0.863. The number of benzene rings is 1. The number of hydrogen-bond donors (Lipinski definition) is 1. The van der Waals surface area contributed by atoms with Crippen LogP contribution in [0.2, 0.25) is 5.02 Å². The van der Waals surface area contributed by atoms with E-state index >= 15 is 0 Å². The zero-order valence-electron chi connectivity index (χ0n) is 13.7. The second-order valence-electron chi connectivity index (χ2n) is 5.41. The summed E-state index contributed by atoms with van der Waals surface area (Å²) in [7, 11) is 0. The lowest BCUT2D eigenvalue weighted by molar-refractivity contribution is -0.115. The van der Waals surface area contributed by atoms with Crippen molar-refractivity contribution >= 4 is 39.5 Å². The molecule has 8 heteroatoms. The molecule has 0 aliphatic carbocycles. The molecule has 0 atom stereocenters. The lowest BCUT2D eigenvalue weighted by Gasteiger charge is -2.12. The van der Waals surface area contributed by atoms with Crippen LogP contribution in [-0.2, 0) is 11.4 Å². The highest BCUT2D eigenvalue weighted by atomic mass is 35.5. The molecular weight excluding hydrogens is 362 g/mol. The van der Waals surface area contributed by atoms with Crippen LogP contribution < -0.4 is 15.6 Å². The predicted octanol–water partition coefficient (Wildman–Crippen LogP) is 3.65. The molecule has 0 aliphatic rings. The van der Waals surface area contributed by atoms with Gasteiger partial charge in [0, 0.05) is 28.6 Å². The monoisotopic (exact) mass is 377 g/mol. The summed E-state index contributed by atoms with van der Waals surface area (Å²) in [4.78, 5) is 29.8. The largest absolute Gasteiger partial charge is 0.485 e. The number of halogens is 1. The first-order chi connectivity index (χ1) is 12.0. The number of hydrogen-bond acceptors (Lipinski definition) is 5. The molecule has 0 unspecified atom stereocenters. The minimum Gasteiger partial charge on any atom is -0.485 e. The van der Waals surface area contributed by atoms with Gasteiger partial charge in [0.2, 0.25) is 5.91 Å². The van der Waals surface area contributed by atoms with Crippen LogP contribution in [0.1, 0.15) is 23.9 Å². The van der Waals surface area contributed by atoms with Crippen LogP contribution in [0.25, 0.3) is 4.96 Å². The van der Waals surface area contributed by atoms with Gasteiger partial charge in [0.15, 0.2) is 4.96 Å². The highest BCUT2D eigenvalue weighted by Crippen LogP contribution is 2.29. The Morgan fingerprint density at radius 1 is 1.40 bits per heavy atom. The van der Waals surface area contributed by atoms with E-state index in [1.165, 1.54) is 21.8 Å². The first-order valence-corrected chi connectivity index (χ1v) is 8.86. The molecule has 0 fully saturated rings. The number of rotatable bonds is 5. The smallest absolute Gasteiger partial charge is 0.258 e. The van der Waals surface area contributed by atoms with E-state index in [-0.39, 0.29) is 18.1 Å². The van der Waals surface area contributed by atoms with Gasteiger partial charge in [0.25, 0.3) is 5.56 Å². The minimum atomic E-state index is -0.149. The summed E-state index contributed by atoms with van der Waals surface area (Å²) in [6.45, 7) is 3.79. The molecule has 0 aliphatic heterocycles. The lowest BCUT2D eigenvalue weighted by Crippen LogP contribution is -2.15. The third kappa shape index (κ3) is 4.00. The number of ether oxygens (including phenoxy) is 1. The first-order valence-electron chi connectivity index (χ1n) is 7.67. The summed E-state index contributed by atoms with van der Waals surface area (Å²) < 4.78 is 7.27. The van der Waals surface area contributed by atoms with Gasteiger partial charge in [-0.15, -0.1) is 11.3 Å². The molecule has 2 heterocycles. The van der Waals surface area contributed by atoms with Crippen LogP contribution in [0.15, 0.2) is 35.3 Å². The molecule has 1 aromatic carbocycles. The van der Waals surface area contributed by atoms with Gasteiger partial charge in [0.05, 0.1) is 11.4 Å². The Morgan fingerprint density at radius 2 is 2.20 bits per heavy atom. The molecule has 0 spiro atoms. The molecular formula is C17H16ClN3O3S. The van der Waals surface area contributed by atoms with Gasteiger partial charge >= 0.3 is 0 Å². The molecule has 3 aromatic rings. The predicted molar refractivity (Wildman–Crippen MR) is 98.8 cm³/mol. The molecule has 0 saturated carbocycles. The highest BCUT2D eigenvalue weighted by Gasteiger charge is 2.10. The van der Waals surface area contributed by atoms with Crippen molar-refractivity contribution in [3.8, 4) is 5.75 Å². The minimum absolute atomic E-state index is 0.110. The Morgan fingerprint density at radius 3 is 2.96 bits per heavy atom. The van der Waals surface area contributed by atoms with E-state index < -0.39 is 0 Å². The van der Waals surface area contributed by atoms with Crippen molar-refractivity contribution in [1.82, 2.24) is 9.38 Å². The van der Waals surface area contributed by atoms with Crippen LogP contribution in [0.3, 0.4) is 0 Å². The van der Waals surface area contributed by atoms with E-state index in [1.54, 1.807) is 31.3 Å². The molecule has 6 nitrogen and oxygen atoms in total. The van der Waals surface area contributed by atoms with E-state index in [0.29, 0.717) is 33.5 Å². The Labute approximate surface area is 153 Å². The molecule has 130 valence electrons. The Balaban J connectivity index is 1.84. The van der Waals surface area contributed by atoms with E-state index in [1.807, 2.05) is 6.92 Å². The fourth-order valence-corrected chi connectivity index (χ4v) is 3.27. The fraction of sp³-hybridized carbons (Fsp3) is 0.235. The quantitative estimate of drug-likeness (QED) is 0.736. The summed E-state index contributed by atoms with van der Waals surface area (Å²) in [5.74, 6) is 0.328. The number of nitrogens with one attached hydrogen (secondary N) is 1. The molecule has 3 rings (SSSR count). The summed E-state index contributed by atoms with van der Waals surface area (Å²) in [6.07, 6.45) is 2.11. The third-order valence-corrected chi connectivity index (χ3v) is 4.58. The molecule has 25 heavy (non-hydrogen) atoms. The second-order valence-corrected chi connectivity index (χ2v) is 7.06. The van der Waals surface area contributed by atoms with Gasteiger partial charge in [-0.3, -0.25) is 14.0 Å². The van der Waals surface area contributed by atoms with Gasteiger partial charge in [-0.1, -0.05) is 18.5 Å². The van der Waals surface area contributed by atoms with Crippen molar-refractivity contribution in [2.75, 3.05) is 5.32 Å². The van der Waals surface area contributed by atoms with Crippen molar-refractivity contribution in [2.24, 2.45) is 0 Å². The van der Waals surface area contributed by atoms with E-state index in [2.05, 4.69) is 10.3 Å². The van der Waals surface area contributed by atoms with Crippen molar-refractivity contribution in [1.29, 1.82) is 0 Å². The maximum atomic E-state index is 12.1. The number of nitrogens with zero attached hydrogens (tertiary/aromatic N) is 2. The Hall–Kier alpha value is -2.38. The Kier molecular flexibility index (Phi) is 5.06. The molecule has 0 radical (unpaired) electrons. The van der Waals surface area contributed by atoms with Crippen LogP contribution in [0, 0.1) is 6.92 Å². The number of fused-ring (bicyclic) bond motifs is 1. The molecule has 2 aromatic heterocycles. The normalized spacial score (nSPS) is 10.8. The van der Waals surface area contributed by atoms with Gasteiger partial charge in [0.1, 0.15) is 12.4 Å². The number of aryl methyl sites for hydroxylation is 1. The van der Waals surface area contributed by atoms with Crippen LogP contribution >= 0.6 is 22.9 Å². The van der Waals surface area contributed by atoms with Crippen LogP contribution in [-0.4, -0.2) is 15.3 Å². The van der Waals surface area contributed by atoms with Crippen LogP contribution in [0.5, 0.6) is 5.75 Å². The fourth-order valence-electron chi connectivity index (χ4n) is 2.25. The van der Waals surface area contributed by atoms with Crippen molar-refractivity contribution < 1.29 is 9.53 Å². The number of carbonyl (C=O) groups excluding carboxylic acids is 1. The topological polar surface area (TPSA) is 72.7 Å². The zero-order valence-corrected chi connectivity index (χ0v) is 15.3. The van der Waals surface area contributed by atoms with Crippen molar-refractivity contribution in [3.63, 3.8) is 0 Å². The summed E-state index contributed by atoms with van der Waals surface area (Å²) in [5, 5.41) is 3.24.